The van der Waals surface area contributed by atoms with Crippen LogP contribution in [0.3, 0.4) is 0 Å². The number of halogens is 1. The number of thiophene rings is 1. The molecule has 0 bridgehead atoms. The zero-order valence-electron chi connectivity index (χ0n) is 10.9. The van der Waals surface area contributed by atoms with Crippen LogP contribution in [0.5, 0.6) is 0 Å². The molecule has 2 N–H and O–H groups in total. The Morgan fingerprint density at radius 1 is 1.63 bits per heavy atom. The number of carbonyl (C=O) groups excluding carboxylic acids is 1. The Morgan fingerprint density at radius 3 is 2.89 bits per heavy atom. The number of aromatic nitrogens is 2. The molecule has 0 radical (unpaired) electrons. The van der Waals surface area contributed by atoms with E-state index in [-0.39, 0.29) is 5.78 Å². The number of carbonyl (C=O) groups is 1. The first-order chi connectivity index (χ1) is 9.04. The second-order valence-electron chi connectivity index (χ2n) is 4.32. The van der Waals surface area contributed by atoms with Gasteiger partial charge in [0, 0.05) is 11.9 Å². The summed E-state index contributed by atoms with van der Waals surface area (Å²) in [6, 6.07) is 3.25. The van der Waals surface area contributed by atoms with E-state index in [1.54, 1.807) is 4.68 Å². The molecule has 0 saturated carbocycles. The Hall–Kier alpha value is -0.980. The maximum atomic E-state index is 12.2. The van der Waals surface area contributed by atoms with E-state index in [0.717, 1.165) is 27.2 Å². The fraction of sp³-hybridized carbons (Fsp3) is 0.385. The fourth-order valence-electron chi connectivity index (χ4n) is 1.91. The van der Waals surface area contributed by atoms with Crippen molar-refractivity contribution in [2.24, 2.45) is 12.8 Å². The number of hydrogen-bond donors (Lipinski definition) is 1. The smallest absolute Gasteiger partial charge is 0.160 e. The second kappa shape index (κ2) is 5.98. The number of nitrogens with two attached hydrogens (primary N) is 1. The van der Waals surface area contributed by atoms with Crippen LogP contribution in [-0.4, -0.2) is 15.6 Å². The zero-order valence-corrected chi connectivity index (χ0v) is 13.3. The molecular formula is C13H16BrN3OS. The molecule has 0 fully saturated rings. The van der Waals surface area contributed by atoms with E-state index in [1.807, 2.05) is 31.5 Å². The predicted molar refractivity (Wildman–Crippen MR) is 80.2 cm³/mol. The third kappa shape index (κ3) is 2.96. The Morgan fingerprint density at radius 2 is 2.37 bits per heavy atom. The third-order valence-corrected chi connectivity index (χ3v) is 4.91. The van der Waals surface area contributed by atoms with Crippen molar-refractivity contribution in [1.29, 1.82) is 0 Å². The molecular weight excluding hydrogens is 326 g/mol. The molecule has 2 rings (SSSR count). The van der Waals surface area contributed by atoms with Gasteiger partial charge in [0.2, 0.25) is 0 Å². The average molecular weight is 342 g/mol. The van der Waals surface area contributed by atoms with Gasteiger partial charge in [0.1, 0.15) is 0 Å². The van der Waals surface area contributed by atoms with E-state index in [9.17, 15) is 4.79 Å². The molecule has 1 atom stereocenters. The van der Waals surface area contributed by atoms with E-state index in [4.69, 9.17) is 5.73 Å². The van der Waals surface area contributed by atoms with Crippen molar-refractivity contribution in [3.63, 3.8) is 0 Å². The summed E-state index contributed by atoms with van der Waals surface area (Å²) in [6.07, 6.45) is 1.13. The quantitative estimate of drug-likeness (QED) is 0.909. The lowest BCUT2D eigenvalue weighted by atomic mass is 10.1. The predicted octanol–water partition coefficient (Wildman–Crippen LogP) is 2.62. The van der Waals surface area contributed by atoms with Crippen molar-refractivity contribution < 1.29 is 4.79 Å². The van der Waals surface area contributed by atoms with Crippen LogP contribution in [0, 0.1) is 0 Å². The van der Waals surface area contributed by atoms with Gasteiger partial charge in [-0.1, -0.05) is 13.0 Å². The van der Waals surface area contributed by atoms with Crippen LogP contribution in [0.4, 0.5) is 0 Å². The topological polar surface area (TPSA) is 60.9 Å². The summed E-state index contributed by atoms with van der Waals surface area (Å²) in [5, 5.41) is 6.31. The summed E-state index contributed by atoms with van der Waals surface area (Å²) >= 11 is 5.02. The molecule has 0 aliphatic heterocycles. The Balaban J connectivity index is 2.17. The van der Waals surface area contributed by atoms with Gasteiger partial charge >= 0.3 is 0 Å². The van der Waals surface area contributed by atoms with E-state index in [1.165, 1.54) is 11.3 Å². The highest BCUT2D eigenvalue weighted by Crippen LogP contribution is 2.24. The first-order valence-electron chi connectivity index (χ1n) is 6.06. The van der Waals surface area contributed by atoms with Crippen LogP contribution in [0.2, 0.25) is 0 Å². The van der Waals surface area contributed by atoms with E-state index >= 15 is 0 Å². The van der Waals surface area contributed by atoms with E-state index < -0.39 is 6.04 Å². The third-order valence-electron chi connectivity index (χ3n) is 3.04. The van der Waals surface area contributed by atoms with Crippen LogP contribution < -0.4 is 5.73 Å². The van der Waals surface area contributed by atoms with Crippen LogP contribution in [-0.2, 0) is 24.7 Å². The highest BCUT2D eigenvalue weighted by molar-refractivity contribution is 9.10. The molecule has 0 aromatic carbocycles. The van der Waals surface area contributed by atoms with Gasteiger partial charge in [-0.25, -0.2) is 0 Å². The Labute approximate surface area is 124 Å². The number of aryl methyl sites for hydroxylation is 2. The van der Waals surface area contributed by atoms with Crippen LogP contribution in [0.25, 0.3) is 0 Å². The van der Waals surface area contributed by atoms with Gasteiger partial charge in [0.05, 0.1) is 28.3 Å². The Bertz CT molecular complexity index is 577. The van der Waals surface area contributed by atoms with Gasteiger partial charge in [-0.05, 0) is 33.8 Å². The zero-order chi connectivity index (χ0) is 14.0. The molecule has 4 nitrogen and oxygen atoms in total. The molecule has 0 aliphatic carbocycles. The Kier molecular flexibility index (Phi) is 4.54. The molecule has 1 unspecified atom stereocenters. The molecule has 102 valence electrons. The van der Waals surface area contributed by atoms with Crippen LogP contribution in [0.1, 0.15) is 29.2 Å². The number of hydrogen-bond acceptors (Lipinski definition) is 4. The van der Waals surface area contributed by atoms with Gasteiger partial charge < -0.3 is 5.73 Å². The number of ketones is 1. The largest absolute Gasteiger partial charge is 0.317 e. The lowest BCUT2D eigenvalue weighted by Gasteiger charge is -2.09. The van der Waals surface area contributed by atoms with E-state index in [0.29, 0.717) is 6.42 Å². The minimum atomic E-state index is -0.549. The highest BCUT2D eigenvalue weighted by Gasteiger charge is 2.21. The summed E-state index contributed by atoms with van der Waals surface area (Å²) in [7, 11) is 1.85. The van der Waals surface area contributed by atoms with Crippen molar-refractivity contribution in [3.05, 3.63) is 38.3 Å². The van der Waals surface area contributed by atoms with Gasteiger partial charge in [-0.2, -0.15) is 5.10 Å². The molecule has 2 heterocycles. The van der Waals surface area contributed by atoms with Crippen molar-refractivity contribution >= 4 is 33.0 Å². The van der Waals surface area contributed by atoms with Crippen molar-refractivity contribution in [2.45, 2.75) is 25.8 Å². The summed E-state index contributed by atoms with van der Waals surface area (Å²) in [5.74, 6) is 0.00815. The molecule has 0 saturated heterocycles. The molecule has 2 aromatic heterocycles. The van der Waals surface area contributed by atoms with E-state index in [2.05, 4.69) is 21.0 Å². The van der Waals surface area contributed by atoms with Gasteiger partial charge in [-0.3, -0.25) is 9.48 Å². The molecule has 2 aromatic rings. The summed E-state index contributed by atoms with van der Waals surface area (Å²) in [4.78, 5) is 13.1. The molecule has 0 spiro atoms. The van der Waals surface area contributed by atoms with Gasteiger partial charge in [-0.15, -0.1) is 11.3 Å². The number of Topliss-reactive ketones (excluding diaryl/α,β-unsaturated/α-hetero) is 1. The normalized spacial score (nSPS) is 12.6. The van der Waals surface area contributed by atoms with Crippen molar-refractivity contribution in [3.8, 4) is 0 Å². The molecule has 0 amide bonds. The molecule has 0 aliphatic rings. The number of rotatable bonds is 5. The fourth-order valence-corrected chi connectivity index (χ4v) is 3.42. The number of nitrogens with zero attached hydrogens (tertiary/aromatic N) is 2. The lowest BCUT2D eigenvalue weighted by molar-refractivity contribution is -0.119. The average Bonchev–Trinajstić information content (AvgIpc) is 3.01. The van der Waals surface area contributed by atoms with Crippen LogP contribution >= 0.6 is 27.3 Å². The lowest BCUT2D eigenvalue weighted by Crippen LogP contribution is -2.23. The maximum absolute atomic E-state index is 12.2. The van der Waals surface area contributed by atoms with Gasteiger partial charge in [0.25, 0.3) is 0 Å². The van der Waals surface area contributed by atoms with Crippen molar-refractivity contribution in [2.75, 3.05) is 0 Å². The summed E-state index contributed by atoms with van der Waals surface area (Å²) < 4.78 is 2.67. The monoisotopic (exact) mass is 341 g/mol. The summed E-state index contributed by atoms with van der Waals surface area (Å²) in [5.41, 5.74) is 7.84. The van der Waals surface area contributed by atoms with Crippen LogP contribution in [0.15, 0.2) is 22.0 Å². The minimum absolute atomic E-state index is 0.00815. The first kappa shape index (κ1) is 14.4. The molecule has 6 heteroatoms. The standard InChI is InChI=1S/C13H16BrN3OS/c1-3-8-12(14)9(17(2)16-8)7-10(18)13(15)11-5-4-6-19-11/h4-6,13H,3,7,15H2,1-2H3. The molecule has 19 heavy (non-hydrogen) atoms. The second-order valence-corrected chi connectivity index (χ2v) is 6.09. The van der Waals surface area contributed by atoms with Gasteiger partial charge in [0.15, 0.2) is 5.78 Å². The SMILES string of the molecule is CCc1nn(C)c(CC(=O)C(N)c2cccs2)c1Br. The highest BCUT2D eigenvalue weighted by atomic mass is 79.9. The minimum Gasteiger partial charge on any atom is -0.317 e. The van der Waals surface area contributed by atoms with Crippen molar-refractivity contribution in [1.82, 2.24) is 9.78 Å². The summed E-state index contributed by atoms with van der Waals surface area (Å²) in [6.45, 7) is 2.04. The first-order valence-corrected chi connectivity index (χ1v) is 7.73. The maximum Gasteiger partial charge on any atom is 0.160 e.